The summed E-state index contributed by atoms with van der Waals surface area (Å²) in [5, 5.41) is 5.82. The summed E-state index contributed by atoms with van der Waals surface area (Å²) in [6.45, 7) is 2.37. The van der Waals surface area contributed by atoms with E-state index in [1.54, 1.807) is 7.11 Å². The third-order valence-corrected chi connectivity index (χ3v) is 3.81. The summed E-state index contributed by atoms with van der Waals surface area (Å²) in [5.41, 5.74) is 1.80. The lowest BCUT2D eigenvalue weighted by Crippen LogP contribution is -2.33. The molecule has 1 aliphatic carbocycles. The molecule has 2 amide bonds. The minimum Gasteiger partial charge on any atom is -0.382 e. The van der Waals surface area contributed by atoms with Crippen molar-refractivity contribution >= 4 is 11.7 Å². The van der Waals surface area contributed by atoms with Gasteiger partial charge in [0.15, 0.2) is 0 Å². The predicted octanol–water partition coefficient (Wildman–Crippen LogP) is 3.33. The van der Waals surface area contributed by atoms with Crippen LogP contribution in [0.2, 0.25) is 0 Å². The molecule has 1 atom stereocenters. The second-order valence-corrected chi connectivity index (χ2v) is 5.73. The summed E-state index contributed by atoms with van der Waals surface area (Å²) < 4.78 is 10.4. The van der Waals surface area contributed by atoms with Crippen molar-refractivity contribution in [1.82, 2.24) is 5.32 Å². The Bertz CT molecular complexity index is 517. The molecule has 1 aromatic rings. The van der Waals surface area contributed by atoms with Gasteiger partial charge < -0.3 is 20.1 Å². The van der Waals surface area contributed by atoms with E-state index in [0.717, 1.165) is 37.1 Å². The van der Waals surface area contributed by atoms with Gasteiger partial charge in [-0.25, -0.2) is 4.79 Å². The first kappa shape index (κ1) is 17.5. The summed E-state index contributed by atoms with van der Waals surface area (Å²) in [5.74, 6) is 0.547. The molecule has 0 unspecified atom stereocenters. The molecule has 0 bridgehead atoms. The van der Waals surface area contributed by atoms with Crippen molar-refractivity contribution in [3.05, 3.63) is 42.0 Å². The normalized spacial score (nSPS) is 17.0. The molecule has 23 heavy (non-hydrogen) atoms. The number of carbonyl (C=O) groups excluding carboxylic acids is 1. The van der Waals surface area contributed by atoms with Gasteiger partial charge in [-0.1, -0.05) is 24.3 Å². The molecular weight excluding hydrogens is 292 g/mol. The maximum Gasteiger partial charge on any atom is 0.319 e. The van der Waals surface area contributed by atoms with Gasteiger partial charge in [0, 0.05) is 19.3 Å². The summed E-state index contributed by atoms with van der Waals surface area (Å²) in [4.78, 5) is 12.0. The van der Waals surface area contributed by atoms with E-state index in [-0.39, 0.29) is 6.03 Å². The number of methoxy groups -OCH3 is 1. The molecule has 0 radical (unpaired) electrons. The van der Waals surface area contributed by atoms with E-state index in [2.05, 4.69) is 22.8 Å². The van der Waals surface area contributed by atoms with Gasteiger partial charge in [-0.2, -0.15) is 0 Å². The lowest BCUT2D eigenvalue weighted by atomic mass is 9.94. The average molecular weight is 318 g/mol. The van der Waals surface area contributed by atoms with E-state index in [1.807, 2.05) is 24.3 Å². The molecule has 5 nitrogen and oxygen atoms in total. The monoisotopic (exact) mass is 318 g/mol. The number of benzene rings is 1. The smallest absolute Gasteiger partial charge is 0.319 e. The number of carbonyl (C=O) groups is 1. The first-order valence-corrected chi connectivity index (χ1v) is 8.13. The van der Waals surface area contributed by atoms with Crippen LogP contribution in [0.3, 0.4) is 0 Å². The average Bonchev–Trinajstić information content (AvgIpc) is 2.58. The summed E-state index contributed by atoms with van der Waals surface area (Å²) in [7, 11) is 1.65. The Morgan fingerprint density at radius 2 is 2.22 bits per heavy atom. The zero-order valence-electron chi connectivity index (χ0n) is 13.7. The number of anilines is 1. The highest BCUT2D eigenvalue weighted by molar-refractivity contribution is 5.89. The SMILES string of the molecule is COCCOCc1cccc(NC(=O)NC[C@H]2CC=CCC2)c1. The third kappa shape index (κ3) is 6.84. The fourth-order valence-corrected chi connectivity index (χ4v) is 2.53. The minimum atomic E-state index is -0.156. The van der Waals surface area contributed by atoms with Crippen LogP contribution in [0.1, 0.15) is 24.8 Å². The Kier molecular flexibility index (Phi) is 7.63. The fourth-order valence-electron chi connectivity index (χ4n) is 2.53. The first-order valence-electron chi connectivity index (χ1n) is 8.13. The molecule has 1 aromatic carbocycles. The highest BCUT2D eigenvalue weighted by atomic mass is 16.5. The topological polar surface area (TPSA) is 59.6 Å². The first-order chi connectivity index (χ1) is 11.3. The number of amides is 2. The molecule has 1 aliphatic rings. The van der Waals surface area contributed by atoms with Crippen LogP contribution in [0.15, 0.2) is 36.4 Å². The van der Waals surface area contributed by atoms with Gasteiger partial charge in [0.1, 0.15) is 0 Å². The lowest BCUT2D eigenvalue weighted by Gasteiger charge is -2.18. The van der Waals surface area contributed by atoms with Crippen molar-refractivity contribution in [2.45, 2.75) is 25.9 Å². The number of ether oxygens (including phenoxy) is 2. The lowest BCUT2D eigenvalue weighted by molar-refractivity contribution is 0.0617. The van der Waals surface area contributed by atoms with Crippen molar-refractivity contribution in [3.63, 3.8) is 0 Å². The van der Waals surface area contributed by atoms with Crippen LogP contribution in [0, 0.1) is 5.92 Å². The predicted molar refractivity (Wildman–Crippen MR) is 91.5 cm³/mol. The van der Waals surface area contributed by atoms with Gasteiger partial charge in [0.05, 0.1) is 19.8 Å². The van der Waals surface area contributed by atoms with Crippen molar-refractivity contribution in [2.75, 3.05) is 32.2 Å². The largest absolute Gasteiger partial charge is 0.382 e. The van der Waals surface area contributed by atoms with Crippen LogP contribution >= 0.6 is 0 Å². The number of nitrogens with one attached hydrogen (secondary N) is 2. The van der Waals surface area contributed by atoms with Gasteiger partial charge in [-0.05, 0) is 42.9 Å². The summed E-state index contributed by atoms with van der Waals surface area (Å²) in [6, 6.07) is 7.54. The fraction of sp³-hybridized carbons (Fsp3) is 0.500. The molecule has 0 saturated heterocycles. The molecule has 0 spiro atoms. The summed E-state index contributed by atoms with van der Waals surface area (Å²) in [6.07, 6.45) is 7.70. The molecule has 2 N–H and O–H groups in total. The molecule has 0 aromatic heterocycles. The Labute approximate surface area is 138 Å². The summed E-state index contributed by atoms with van der Waals surface area (Å²) >= 11 is 0. The van der Waals surface area contributed by atoms with Crippen molar-refractivity contribution < 1.29 is 14.3 Å². The molecule has 0 fully saturated rings. The van der Waals surface area contributed by atoms with Gasteiger partial charge in [0.25, 0.3) is 0 Å². The van der Waals surface area contributed by atoms with Crippen LogP contribution in [0.4, 0.5) is 10.5 Å². The standard InChI is InChI=1S/C18H26N2O3/c1-22-10-11-23-14-16-8-5-9-17(12-16)20-18(21)19-13-15-6-3-2-4-7-15/h2-3,5,8-9,12,15H,4,6-7,10-11,13-14H2,1H3,(H2,19,20,21)/t15-/m0/s1. The van der Waals surface area contributed by atoms with Gasteiger partial charge in [-0.3, -0.25) is 0 Å². The molecule has 0 saturated carbocycles. The van der Waals surface area contributed by atoms with Crippen LogP contribution in [-0.2, 0) is 16.1 Å². The van der Waals surface area contributed by atoms with Gasteiger partial charge >= 0.3 is 6.03 Å². The molecule has 2 rings (SSSR count). The molecule has 0 aliphatic heterocycles. The molecule has 126 valence electrons. The second kappa shape index (κ2) is 10.0. The molecular formula is C18H26N2O3. The van der Waals surface area contributed by atoms with Crippen LogP contribution in [-0.4, -0.2) is 32.9 Å². The van der Waals surface area contributed by atoms with E-state index in [4.69, 9.17) is 9.47 Å². The van der Waals surface area contributed by atoms with Gasteiger partial charge in [0.2, 0.25) is 0 Å². The third-order valence-electron chi connectivity index (χ3n) is 3.81. The maximum atomic E-state index is 12.0. The van der Waals surface area contributed by atoms with Crippen LogP contribution in [0.5, 0.6) is 0 Å². The maximum absolute atomic E-state index is 12.0. The number of rotatable bonds is 8. The Hall–Kier alpha value is -1.85. The van der Waals surface area contributed by atoms with E-state index in [1.165, 1.54) is 0 Å². The van der Waals surface area contributed by atoms with Crippen LogP contribution < -0.4 is 10.6 Å². The zero-order chi connectivity index (χ0) is 16.3. The van der Waals surface area contributed by atoms with Crippen LogP contribution in [0.25, 0.3) is 0 Å². The minimum absolute atomic E-state index is 0.156. The Morgan fingerprint density at radius 3 is 3.00 bits per heavy atom. The van der Waals surface area contributed by atoms with Gasteiger partial charge in [-0.15, -0.1) is 0 Å². The Balaban J connectivity index is 1.73. The number of hydrogen-bond acceptors (Lipinski definition) is 3. The van der Waals surface area contributed by atoms with Crippen molar-refractivity contribution in [2.24, 2.45) is 5.92 Å². The number of urea groups is 1. The molecule has 0 heterocycles. The zero-order valence-corrected chi connectivity index (χ0v) is 13.7. The second-order valence-electron chi connectivity index (χ2n) is 5.73. The van der Waals surface area contributed by atoms with E-state index in [9.17, 15) is 4.79 Å². The Morgan fingerprint density at radius 1 is 1.30 bits per heavy atom. The van der Waals surface area contributed by atoms with E-state index in [0.29, 0.717) is 25.7 Å². The number of hydrogen-bond donors (Lipinski definition) is 2. The van der Waals surface area contributed by atoms with Crippen molar-refractivity contribution in [3.8, 4) is 0 Å². The highest BCUT2D eigenvalue weighted by Gasteiger charge is 2.11. The molecule has 5 heteroatoms. The van der Waals surface area contributed by atoms with Crippen molar-refractivity contribution in [1.29, 1.82) is 0 Å². The quantitative estimate of drug-likeness (QED) is 0.571. The van der Waals surface area contributed by atoms with E-state index >= 15 is 0 Å². The highest BCUT2D eigenvalue weighted by Crippen LogP contribution is 2.17. The number of allylic oxidation sites excluding steroid dienone is 2. The van der Waals surface area contributed by atoms with E-state index < -0.39 is 0 Å².